The van der Waals surface area contributed by atoms with Crippen molar-refractivity contribution in [1.82, 2.24) is 0 Å². The van der Waals surface area contributed by atoms with E-state index in [2.05, 4.69) is 4.99 Å². The van der Waals surface area contributed by atoms with Gasteiger partial charge in [-0.3, -0.25) is 0 Å². The Balaban J connectivity index is 3.22. The van der Waals surface area contributed by atoms with E-state index < -0.39 is 5.82 Å². The van der Waals surface area contributed by atoms with Crippen molar-refractivity contribution in [2.24, 2.45) is 4.99 Å². The molecule has 1 aromatic carbocycles. The SMILES string of the molecule is O=C=Nc1cccc(CCl)c1F. The third-order valence-electron chi connectivity index (χ3n) is 1.37. The van der Waals surface area contributed by atoms with Crippen LogP contribution in [-0.4, -0.2) is 6.08 Å². The van der Waals surface area contributed by atoms with Crippen LogP contribution in [0.2, 0.25) is 0 Å². The molecule has 0 amide bonds. The van der Waals surface area contributed by atoms with Crippen LogP contribution >= 0.6 is 11.6 Å². The fraction of sp³-hybridized carbons (Fsp3) is 0.125. The fourth-order valence-electron chi connectivity index (χ4n) is 0.805. The summed E-state index contributed by atoms with van der Waals surface area (Å²) in [6.07, 6.45) is 1.27. The molecule has 0 aliphatic heterocycles. The maximum Gasteiger partial charge on any atom is 0.240 e. The van der Waals surface area contributed by atoms with Gasteiger partial charge in [-0.25, -0.2) is 9.18 Å². The molecule has 1 rings (SSSR count). The number of alkyl halides is 1. The number of nitrogens with zero attached hydrogens (tertiary/aromatic N) is 1. The van der Waals surface area contributed by atoms with Crippen LogP contribution in [0.5, 0.6) is 0 Å². The normalized spacial score (nSPS) is 9.17. The molecule has 0 aromatic heterocycles. The third-order valence-corrected chi connectivity index (χ3v) is 1.66. The monoisotopic (exact) mass is 185 g/mol. The Morgan fingerprint density at radius 2 is 2.33 bits per heavy atom. The smallest absolute Gasteiger partial charge is 0.211 e. The first kappa shape index (κ1) is 8.91. The molecule has 0 spiro atoms. The second-order valence-electron chi connectivity index (χ2n) is 2.09. The van der Waals surface area contributed by atoms with E-state index in [1.165, 1.54) is 18.2 Å². The standard InChI is InChI=1S/C8H5ClFNO/c9-4-6-2-1-3-7(8(6)10)11-5-12/h1-3H,4H2. The van der Waals surface area contributed by atoms with Crippen molar-refractivity contribution >= 4 is 23.4 Å². The zero-order valence-electron chi connectivity index (χ0n) is 6.05. The maximum atomic E-state index is 13.1. The minimum absolute atomic E-state index is 0.0249. The van der Waals surface area contributed by atoms with Gasteiger partial charge in [-0.2, -0.15) is 4.99 Å². The highest BCUT2D eigenvalue weighted by Gasteiger charge is 2.04. The van der Waals surface area contributed by atoms with E-state index >= 15 is 0 Å². The van der Waals surface area contributed by atoms with Gasteiger partial charge in [-0.05, 0) is 6.07 Å². The van der Waals surface area contributed by atoms with Crippen molar-refractivity contribution in [3.05, 3.63) is 29.6 Å². The Morgan fingerprint density at radius 3 is 2.92 bits per heavy atom. The lowest BCUT2D eigenvalue weighted by Crippen LogP contribution is -1.85. The number of carbonyl (C=O) groups excluding carboxylic acids is 1. The topological polar surface area (TPSA) is 29.4 Å². The zero-order chi connectivity index (χ0) is 8.97. The molecule has 62 valence electrons. The van der Waals surface area contributed by atoms with E-state index in [-0.39, 0.29) is 11.6 Å². The highest BCUT2D eigenvalue weighted by atomic mass is 35.5. The second-order valence-corrected chi connectivity index (χ2v) is 2.35. The number of isocyanates is 1. The number of benzene rings is 1. The van der Waals surface area contributed by atoms with Crippen LogP contribution in [0.15, 0.2) is 23.2 Å². The second kappa shape index (κ2) is 4.00. The van der Waals surface area contributed by atoms with Gasteiger partial charge in [-0.1, -0.05) is 12.1 Å². The summed E-state index contributed by atoms with van der Waals surface area (Å²) < 4.78 is 13.1. The predicted octanol–water partition coefficient (Wildman–Crippen LogP) is 2.53. The number of rotatable bonds is 2. The van der Waals surface area contributed by atoms with E-state index in [0.717, 1.165) is 0 Å². The van der Waals surface area contributed by atoms with E-state index in [4.69, 9.17) is 11.6 Å². The van der Waals surface area contributed by atoms with Crippen LogP contribution in [0, 0.1) is 5.82 Å². The number of halogens is 2. The molecule has 0 saturated carbocycles. The van der Waals surface area contributed by atoms with E-state index in [1.54, 1.807) is 6.07 Å². The molecule has 0 aliphatic carbocycles. The van der Waals surface area contributed by atoms with Crippen LogP contribution in [0.25, 0.3) is 0 Å². The molecule has 0 aliphatic rings. The van der Waals surface area contributed by atoms with Gasteiger partial charge in [0.25, 0.3) is 0 Å². The molecule has 0 heterocycles. The third kappa shape index (κ3) is 1.70. The molecular formula is C8H5ClFNO. The molecule has 0 saturated heterocycles. The summed E-state index contributed by atoms with van der Waals surface area (Å²) in [7, 11) is 0. The van der Waals surface area contributed by atoms with Gasteiger partial charge >= 0.3 is 0 Å². The lowest BCUT2D eigenvalue weighted by atomic mass is 10.2. The van der Waals surface area contributed by atoms with Crippen LogP contribution in [0.3, 0.4) is 0 Å². The summed E-state index contributed by atoms with van der Waals surface area (Å²) in [5.41, 5.74) is 0.302. The molecule has 0 bridgehead atoms. The van der Waals surface area contributed by atoms with Crippen molar-refractivity contribution in [2.75, 3.05) is 0 Å². The molecule has 0 unspecified atom stereocenters. The molecule has 0 radical (unpaired) electrons. The van der Waals surface area contributed by atoms with E-state index in [0.29, 0.717) is 5.56 Å². The van der Waals surface area contributed by atoms with Crippen LogP contribution in [0.1, 0.15) is 5.56 Å². The lowest BCUT2D eigenvalue weighted by molar-refractivity contribution is 0.564. The van der Waals surface area contributed by atoms with Crippen molar-refractivity contribution in [3.63, 3.8) is 0 Å². The fourth-order valence-corrected chi connectivity index (χ4v) is 1.01. The van der Waals surface area contributed by atoms with Gasteiger partial charge in [0.2, 0.25) is 6.08 Å². The van der Waals surface area contributed by atoms with Crippen molar-refractivity contribution in [2.45, 2.75) is 5.88 Å². The molecule has 12 heavy (non-hydrogen) atoms. The number of hydrogen-bond acceptors (Lipinski definition) is 2. The van der Waals surface area contributed by atoms with Crippen molar-refractivity contribution in [1.29, 1.82) is 0 Å². The van der Waals surface area contributed by atoms with Gasteiger partial charge in [0, 0.05) is 5.56 Å². The Bertz CT molecular complexity index is 334. The first-order valence-electron chi connectivity index (χ1n) is 3.21. The van der Waals surface area contributed by atoms with Gasteiger partial charge in [-0.15, -0.1) is 11.6 Å². The highest BCUT2D eigenvalue weighted by molar-refractivity contribution is 6.17. The molecule has 0 atom stereocenters. The molecule has 0 N–H and O–H groups in total. The Hall–Kier alpha value is -1.18. The Kier molecular flexibility index (Phi) is 2.97. The summed E-state index contributed by atoms with van der Waals surface area (Å²) in [5.74, 6) is -0.496. The molecular weight excluding hydrogens is 181 g/mol. The summed E-state index contributed by atoms with van der Waals surface area (Å²) in [4.78, 5) is 13.0. The van der Waals surface area contributed by atoms with E-state index in [9.17, 15) is 9.18 Å². The Morgan fingerprint density at radius 1 is 1.58 bits per heavy atom. The largest absolute Gasteiger partial charge is 0.240 e. The summed E-state index contributed by atoms with van der Waals surface area (Å²) in [5, 5.41) is 0. The summed E-state index contributed by atoms with van der Waals surface area (Å²) >= 11 is 5.42. The van der Waals surface area contributed by atoms with Gasteiger partial charge < -0.3 is 0 Å². The quantitative estimate of drug-likeness (QED) is 0.396. The number of aliphatic imine (C=N–C) groups is 1. The average Bonchev–Trinajstić information content (AvgIpc) is 2.09. The van der Waals surface area contributed by atoms with E-state index in [1.807, 2.05) is 0 Å². The van der Waals surface area contributed by atoms with Gasteiger partial charge in [0.1, 0.15) is 5.69 Å². The van der Waals surface area contributed by atoms with Gasteiger partial charge in [0.05, 0.1) is 5.88 Å². The summed E-state index contributed by atoms with van der Waals surface area (Å²) in [6.45, 7) is 0. The van der Waals surface area contributed by atoms with Crippen LogP contribution < -0.4 is 0 Å². The molecule has 0 fully saturated rings. The molecule has 2 nitrogen and oxygen atoms in total. The minimum atomic E-state index is -0.559. The first-order valence-corrected chi connectivity index (χ1v) is 3.74. The Labute approximate surface area is 73.7 Å². The molecule has 4 heteroatoms. The van der Waals surface area contributed by atoms with Crippen LogP contribution in [0.4, 0.5) is 10.1 Å². The van der Waals surface area contributed by atoms with Crippen molar-refractivity contribution < 1.29 is 9.18 Å². The number of hydrogen-bond donors (Lipinski definition) is 0. The highest BCUT2D eigenvalue weighted by Crippen LogP contribution is 2.21. The van der Waals surface area contributed by atoms with Gasteiger partial charge in [0.15, 0.2) is 5.82 Å². The summed E-state index contributed by atoms with van der Waals surface area (Å²) in [6, 6.07) is 4.50. The van der Waals surface area contributed by atoms with Crippen molar-refractivity contribution in [3.8, 4) is 0 Å². The average molecular weight is 186 g/mol. The first-order chi connectivity index (χ1) is 5.79. The maximum absolute atomic E-state index is 13.1. The zero-order valence-corrected chi connectivity index (χ0v) is 6.81. The van der Waals surface area contributed by atoms with Crippen LogP contribution in [-0.2, 0) is 10.7 Å². The minimum Gasteiger partial charge on any atom is -0.211 e. The molecule has 1 aromatic rings. The lowest BCUT2D eigenvalue weighted by Gasteiger charge is -1.98. The predicted molar refractivity (Wildman–Crippen MR) is 43.7 cm³/mol.